The molecule has 1 radical (unpaired) electrons. The van der Waals surface area contributed by atoms with Gasteiger partial charge in [0.15, 0.2) is 0 Å². The Kier molecular flexibility index (Phi) is 156. The summed E-state index contributed by atoms with van der Waals surface area (Å²) in [4.78, 5) is 0. The van der Waals surface area contributed by atoms with Crippen LogP contribution < -0.4 is 0 Å². The maximum atomic E-state index is 0. The van der Waals surface area contributed by atoms with Crippen molar-refractivity contribution in [3.63, 3.8) is 0 Å². The van der Waals surface area contributed by atoms with Gasteiger partial charge in [0.25, 0.3) is 0 Å². The summed E-state index contributed by atoms with van der Waals surface area (Å²) in [6, 6.07) is 0. The quantitative estimate of drug-likeness (QED) is 0.371. The summed E-state index contributed by atoms with van der Waals surface area (Å²) in [7, 11) is 0. The molecule has 0 aliphatic heterocycles. The van der Waals surface area contributed by atoms with Gasteiger partial charge >= 0.3 is 23.1 Å². The van der Waals surface area contributed by atoms with E-state index in [1.165, 1.54) is 0 Å². The first kappa shape index (κ1) is 33.7. The zero-order chi connectivity index (χ0) is 0. The van der Waals surface area contributed by atoms with E-state index in [1.54, 1.807) is 0 Å². The van der Waals surface area contributed by atoms with Gasteiger partial charge < -0.3 is 2.85 Å². The van der Waals surface area contributed by atoms with Crippen LogP contribution in [0.15, 0.2) is 0 Å². The van der Waals surface area contributed by atoms with Crippen molar-refractivity contribution >= 4 is 34.0 Å². The number of rotatable bonds is 0. The van der Waals surface area contributed by atoms with E-state index in [0.29, 0.717) is 0 Å². The van der Waals surface area contributed by atoms with Crippen molar-refractivity contribution in [1.29, 1.82) is 0 Å². The van der Waals surface area contributed by atoms with E-state index in [-0.39, 0.29) is 77.1 Å². The normalized spacial score (nSPS) is 0. The zero-order valence-corrected chi connectivity index (χ0v) is 6.03. The third-order valence-electron chi connectivity index (χ3n) is 0. The van der Waals surface area contributed by atoms with Crippen LogP contribution in [0.5, 0.6) is 0 Å². The molecule has 0 nitrogen and oxygen atoms in total. The monoisotopic (exact) mass is 157 g/mol. The van der Waals surface area contributed by atoms with Crippen LogP contribution in [0.1, 0.15) is 2.85 Å². The van der Waals surface area contributed by atoms with Crippen LogP contribution in [-0.2, 0) is 40.3 Å². The molecule has 0 spiro atoms. The Morgan fingerprint density at radius 2 is 1.25 bits per heavy atom. The van der Waals surface area contributed by atoms with E-state index in [1.807, 2.05) is 0 Å². The Morgan fingerprint density at radius 3 is 1.25 bits per heavy atom. The van der Waals surface area contributed by atoms with Crippen molar-refractivity contribution in [3.05, 3.63) is 0 Å². The van der Waals surface area contributed by atoms with E-state index in [9.17, 15) is 0 Å². The summed E-state index contributed by atoms with van der Waals surface area (Å²) in [5, 5.41) is 0. The first-order valence-electron chi connectivity index (χ1n) is 0. The smallest absolute Gasteiger partial charge is 1.00 e. The fourth-order valence-electron chi connectivity index (χ4n) is 0. The second-order valence-corrected chi connectivity index (χ2v) is 0. The first-order valence-corrected chi connectivity index (χ1v) is 0. The van der Waals surface area contributed by atoms with E-state index >= 15 is 0 Å². The Morgan fingerprint density at radius 1 is 1.25 bits per heavy atom. The molecule has 0 aromatic rings. The topological polar surface area (TPSA) is 0 Å². The SMILES string of the molecule is [H-].[H-].[Mg+2].[SiH4].[Ti].[V]. The summed E-state index contributed by atoms with van der Waals surface area (Å²) in [6.07, 6.45) is 0. The van der Waals surface area contributed by atoms with E-state index < -0.39 is 0 Å². The molecule has 0 heterocycles. The number of hydrogen-bond donors (Lipinski definition) is 0. The van der Waals surface area contributed by atoms with Crippen molar-refractivity contribution in [2.45, 2.75) is 0 Å². The standard InChI is InChI=1S/Mg.H4Si.Ti.V.2H/h;1H4;;;;/q+2;;;;2*-1. The third-order valence-corrected chi connectivity index (χ3v) is 0. The van der Waals surface area contributed by atoms with E-state index in [2.05, 4.69) is 0 Å². The molecule has 0 aromatic carbocycles. The molecule has 0 saturated carbocycles. The minimum atomic E-state index is 0. The average molecular weight is 157 g/mol. The van der Waals surface area contributed by atoms with Gasteiger partial charge in [0.05, 0.1) is 0 Å². The molecule has 0 N–H and O–H groups in total. The maximum absolute atomic E-state index is 0. The molecular formula is H6MgSiTiV. The van der Waals surface area contributed by atoms with Crippen LogP contribution >= 0.6 is 0 Å². The Bertz CT molecular complexity index is 13.5. The molecule has 4 heteroatoms. The van der Waals surface area contributed by atoms with Gasteiger partial charge in [-0.1, -0.05) is 0 Å². The van der Waals surface area contributed by atoms with Crippen molar-refractivity contribution in [2.75, 3.05) is 0 Å². The van der Waals surface area contributed by atoms with Crippen LogP contribution in [0.2, 0.25) is 0 Å². The van der Waals surface area contributed by atoms with Crippen LogP contribution in [-0.4, -0.2) is 34.0 Å². The molecule has 21 valence electrons. The zero-order valence-electron chi connectivity index (χ0n) is 3.65. The van der Waals surface area contributed by atoms with Crippen molar-refractivity contribution in [3.8, 4) is 0 Å². The molecule has 0 fully saturated rings. The molecule has 0 aromatic heterocycles. The van der Waals surface area contributed by atoms with Crippen LogP contribution in [0.25, 0.3) is 0 Å². The van der Waals surface area contributed by atoms with Gasteiger partial charge in [0.1, 0.15) is 0 Å². The van der Waals surface area contributed by atoms with Crippen molar-refractivity contribution in [1.82, 2.24) is 0 Å². The molecular weight excluding hydrogens is 151 g/mol. The molecule has 0 amide bonds. The molecule has 0 aliphatic rings. The second kappa shape index (κ2) is 18.6. The molecule has 0 unspecified atom stereocenters. The van der Waals surface area contributed by atoms with Gasteiger partial charge in [0.2, 0.25) is 0 Å². The second-order valence-electron chi connectivity index (χ2n) is 0. The third kappa shape index (κ3) is 8.86. The minimum absolute atomic E-state index is 0. The molecule has 0 aliphatic carbocycles. The van der Waals surface area contributed by atoms with Gasteiger partial charge in [0, 0.05) is 40.3 Å². The summed E-state index contributed by atoms with van der Waals surface area (Å²) in [6.45, 7) is 0. The molecule has 0 bridgehead atoms. The van der Waals surface area contributed by atoms with Crippen LogP contribution in [0.3, 0.4) is 0 Å². The molecule has 0 rings (SSSR count). The largest absolute Gasteiger partial charge is 2.00 e. The van der Waals surface area contributed by atoms with Crippen molar-refractivity contribution < 1.29 is 43.1 Å². The summed E-state index contributed by atoms with van der Waals surface area (Å²) in [5.41, 5.74) is 0. The van der Waals surface area contributed by atoms with Gasteiger partial charge in [-0.15, -0.1) is 0 Å². The summed E-state index contributed by atoms with van der Waals surface area (Å²) < 4.78 is 0. The Labute approximate surface area is 76.4 Å². The fraction of sp³-hybridized carbons (Fsp3) is 0. The minimum Gasteiger partial charge on any atom is -1.00 e. The van der Waals surface area contributed by atoms with Crippen LogP contribution in [0, 0.1) is 0 Å². The molecule has 0 atom stereocenters. The van der Waals surface area contributed by atoms with E-state index in [0.717, 1.165) is 0 Å². The number of hydrogen-bond acceptors (Lipinski definition) is 0. The summed E-state index contributed by atoms with van der Waals surface area (Å²) >= 11 is 0. The van der Waals surface area contributed by atoms with Gasteiger partial charge in [-0.3, -0.25) is 0 Å². The molecule has 0 saturated heterocycles. The van der Waals surface area contributed by atoms with Gasteiger partial charge in [-0.2, -0.15) is 0 Å². The Balaban J connectivity index is 0. The van der Waals surface area contributed by atoms with Gasteiger partial charge in [-0.05, 0) is 11.0 Å². The fourth-order valence-corrected chi connectivity index (χ4v) is 0. The first-order chi connectivity index (χ1) is 0. The van der Waals surface area contributed by atoms with Crippen LogP contribution in [0.4, 0.5) is 0 Å². The Hall–Kier alpha value is 2.28. The average Bonchev–Trinajstić information content (AvgIpc) is 0. The summed E-state index contributed by atoms with van der Waals surface area (Å²) in [5.74, 6) is 0. The van der Waals surface area contributed by atoms with Gasteiger partial charge in [-0.25, -0.2) is 0 Å². The predicted molar refractivity (Wildman–Crippen MR) is 19.3 cm³/mol. The van der Waals surface area contributed by atoms with Crippen molar-refractivity contribution in [2.24, 2.45) is 0 Å². The van der Waals surface area contributed by atoms with E-state index in [4.69, 9.17) is 0 Å². The predicted octanol–water partition coefficient (Wildman–Crippen LogP) is -1.61. The maximum Gasteiger partial charge on any atom is 2.00 e. The molecule has 4 heavy (non-hydrogen) atoms.